The van der Waals surface area contributed by atoms with Gasteiger partial charge in [0.1, 0.15) is 0 Å². The fraction of sp³-hybridized carbons (Fsp3) is 0.800. The van der Waals surface area contributed by atoms with Crippen molar-refractivity contribution in [1.82, 2.24) is 9.78 Å². The molecule has 0 aliphatic heterocycles. The predicted octanol–water partition coefficient (Wildman–Crippen LogP) is 2.96. The molecule has 0 spiro atoms. The van der Waals surface area contributed by atoms with E-state index in [4.69, 9.17) is 10.5 Å². The van der Waals surface area contributed by atoms with Crippen molar-refractivity contribution >= 4 is 15.9 Å². The van der Waals surface area contributed by atoms with Crippen molar-refractivity contribution < 1.29 is 4.74 Å². The molecule has 0 aromatic carbocycles. The van der Waals surface area contributed by atoms with Gasteiger partial charge in [0.15, 0.2) is 0 Å². The number of rotatable bonds is 5. The van der Waals surface area contributed by atoms with Crippen LogP contribution in [0.15, 0.2) is 4.47 Å². The van der Waals surface area contributed by atoms with Crippen LogP contribution in [0.2, 0.25) is 0 Å². The second-order valence-corrected chi connectivity index (χ2v) is 6.62. The Hall–Kier alpha value is -0.390. The number of aromatic nitrogens is 2. The van der Waals surface area contributed by atoms with E-state index < -0.39 is 0 Å². The normalized spacial score (nSPS) is 20.1. The molecule has 0 radical (unpaired) electrons. The molecule has 5 heteroatoms. The molecule has 2 N–H and O–H groups in total. The Morgan fingerprint density at radius 3 is 2.55 bits per heavy atom. The van der Waals surface area contributed by atoms with Gasteiger partial charge in [-0.25, -0.2) is 0 Å². The van der Waals surface area contributed by atoms with Crippen molar-refractivity contribution in [3.05, 3.63) is 15.9 Å². The standard InChI is InChI=1S/C15H26BrN3O/c1-4-11-14(16)12(19(2)18-11)10-13(17)15(20-3)8-6-5-7-9-15/h13H,4-10,17H2,1-3H3. The molecule has 0 bridgehead atoms. The number of nitrogens with two attached hydrogens (primary N) is 1. The van der Waals surface area contributed by atoms with Gasteiger partial charge in [-0.3, -0.25) is 4.68 Å². The average molecular weight is 344 g/mol. The van der Waals surface area contributed by atoms with E-state index >= 15 is 0 Å². The topological polar surface area (TPSA) is 53.1 Å². The van der Waals surface area contributed by atoms with Crippen LogP contribution < -0.4 is 5.73 Å². The van der Waals surface area contributed by atoms with Crippen LogP contribution in [-0.4, -0.2) is 28.5 Å². The van der Waals surface area contributed by atoms with E-state index in [0.29, 0.717) is 0 Å². The lowest BCUT2D eigenvalue weighted by molar-refractivity contribution is -0.0586. The molecule has 0 amide bonds. The van der Waals surface area contributed by atoms with Gasteiger partial charge in [0.25, 0.3) is 0 Å². The summed E-state index contributed by atoms with van der Waals surface area (Å²) in [6.07, 6.45) is 7.61. The Balaban J connectivity index is 2.18. The lowest BCUT2D eigenvalue weighted by Crippen LogP contribution is -2.52. The third-order valence-corrected chi connectivity index (χ3v) is 5.61. The minimum Gasteiger partial charge on any atom is -0.377 e. The largest absolute Gasteiger partial charge is 0.377 e. The molecule has 20 heavy (non-hydrogen) atoms. The Bertz CT molecular complexity index is 452. The fourth-order valence-electron chi connectivity index (χ4n) is 3.31. The zero-order valence-electron chi connectivity index (χ0n) is 12.8. The van der Waals surface area contributed by atoms with Gasteiger partial charge in [-0.2, -0.15) is 5.10 Å². The van der Waals surface area contributed by atoms with Crippen molar-refractivity contribution in [2.75, 3.05) is 7.11 Å². The van der Waals surface area contributed by atoms with Crippen LogP contribution in [0.5, 0.6) is 0 Å². The van der Waals surface area contributed by atoms with Crippen LogP contribution in [0, 0.1) is 0 Å². The van der Waals surface area contributed by atoms with Crippen LogP contribution >= 0.6 is 15.9 Å². The minimum atomic E-state index is -0.158. The third-order valence-electron chi connectivity index (χ3n) is 4.70. The molecule has 1 aromatic heterocycles. The first kappa shape index (κ1) is 16.0. The van der Waals surface area contributed by atoms with Crippen LogP contribution in [-0.2, 0) is 24.6 Å². The summed E-state index contributed by atoms with van der Waals surface area (Å²) in [6, 6.07) is 0.0178. The van der Waals surface area contributed by atoms with Crippen LogP contribution in [0.4, 0.5) is 0 Å². The van der Waals surface area contributed by atoms with E-state index in [0.717, 1.165) is 35.8 Å². The molecule has 1 aliphatic rings. The van der Waals surface area contributed by atoms with Crippen molar-refractivity contribution in [2.24, 2.45) is 12.8 Å². The first-order valence-corrected chi connectivity index (χ1v) is 8.34. The fourth-order valence-corrected chi connectivity index (χ4v) is 4.09. The zero-order valence-corrected chi connectivity index (χ0v) is 14.4. The van der Waals surface area contributed by atoms with Crippen molar-refractivity contribution in [1.29, 1.82) is 0 Å². The molecule has 2 rings (SSSR count). The maximum absolute atomic E-state index is 6.53. The Morgan fingerprint density at radius 1 is 1.40 bits per heavy atom. The van der Waals surface area contributed by atoms with E-state index in [2.05, 4.69) is 28.0 Å². The second kappa shape index (κ2) is 6.58. The van der Waals surface area contributed by atoms with E-state index in [1.54, 1.807) is 7.11 Å². The summed E-state index contributed by atoms with van der Waals surface area (Å²) in [4.78, 5) is 0. The average Bonchev–Trinajstić information content (AvgIpc) is 2.75. The van der Waals surface area contributed by atoms with Gasteiger partial charge >= 0.3 is 0 Å². The Labute approximate surface area is 130 Å². The number of nitrogens with zero attached hydrogens (tertiary/aromatic N) is 2. The van der Waals surface area contributed by atoms with Crippen molar-refractivity contribution in [3.8, 4) is 0 Å². The molecule has 0 saturated heterocycles. The lowest BCUT2D eigenvalue weighted by Gasteiger charge is -2.40. The van der Waals surface area contributed by atoms with Gasteiger partial charge in [-0.15, -0.1) is 0 Å². The van der Waals surface area contributed by atoms with Gasteiger partial charge in [-0.05, 0) is 35.2 Å². The van der Waals surface area contributed by atoms with Crippen molar-refractivity contribution in [3.63, 3.8) is 0 Å². The molecule has 1 aromatic rings. The molecule has 1 fully saturated rings. The number of ether oxygens (including phenoxy) is 1. The molecular formula is C15H26BrN3O. The molecular weight excluding hydrogens is 318 g/mol. The van der Waals surface area contributed by atoms with Crippen LogP contribution in [0.25, 0.3) is 0 Å². The van der Waals surface area contributed by atoms with Crippen LogP contribution in [0.3, 0.4) is 0 Å². The summed E-state index contributed by atoms with van der Waals surface area (Å²) in [5.41, 5.74) is 8.65. The SMILES string of the molecule is CCc1nn(C)c(CC(N)C2(OC)CCCCC2)c1Br. The summed E-state index contributed by atoms with van der Waals surface area (Å²) >= 11 is 3.67. The molecule has 1 heterocycles. The summed E-state index contributed by atoms with van der Waals surface area (Å²) < 4.78 is 8.92. The smallest absolute Gasteiger partial charge is 0.0832 e. The second-order valence-electron chi connectivity index (χ2n) is 5.82. The van der Waals surface area contributed by atoms with E-state index in [9.17, 15) is 0 Å². The molecule has 1 atom stereocenters. The molecule has 1 aliphatic carbocycles. The number of hydrogen-bond donors (Lipinski definition) is 1. The quantitative estimate of drug-likeness (QED) is 0.894. The number of aryl methyl sites for hydroxylation is 2. The van der Waals surface area contributed by atoms with E-state index in [1.807, 2.05) is 11.7 Å². The highest BCUT2D eigenvalue weighted by molar-refractivity contribution is 9.10. The zero-order chi connectivity index (χ0) is 14.8. The maximum atomic E-state index is 6.53. The van der Waals surface area contributed by atoms with Gasteiger partial charge < -0.3 is 10.5 Å². The van der Waals surface area contributed by atoms with Gasteiger partial charge in [-0.1, -0.05) is 26.2 Å². The minimum absolute atomic E-state index is 0.0178. The summed E-state index contributed by atoms with van der Waals surface area (Å²) in [7, 11) is 3.80. The lowest BCUT2D eigenvalue weighted by atomic mass is 9.78. The predicted molar refractivity (Wildman–Crippen MR) is 84.8 cm³/mol. The summed E-state index contributed by atoms with van der Waals surface area (Å²) in [6.45, 7) is 2.12. The molecule has 1 unspecified atom stereocenters. The summed E-state index contributed by atoms with van der Waals surface area (Å²) in [5.74, 6) is 0. The van der Waals surface area contributed by atoms with Gasteiger partial charge in [0.05, 0.1) is 21.5 Å². The molecule has 4 nitrogen and oxygen atoms in total. The van der Waals surface area contributed by atoms with Gasteiger partial charge in [0.2, 0.25) is 0 Å². The Kier molecular flexibility index (Phi) is 5.26. The highest BCUT2D eigenvalue weighted by atomic mass is 79.9. The van der Waals surface area contributed by atoms with E-state index in [1.165, 1.54) is 25.0 Å². The molecule has 114 valence electrons. The Morgan fingerprint density at radius 2 is 2.05 bits per heavy atom. The highest BCUT2D eigenvalue weighted by Gasteiger charge is 2.38. The van der Waals surface area contributed by atoms with E-state index in [-0.39, 0.29) is 11.6 Å². The van der Waals surface area contributed by atoms with Gasteiger partial charge in [0, 0.05) is 26.6 Å². The monoisotopic (exact) mass is 343 g/mol. The summed E-state index contributed by atoms with van der Waals surface area (Å²) in [5, 5.41) is 4.55. The first-order chi connectivity index (χ1) is 9.54. The number of halogens is 1. The molecule has 1 saturated carbocycles. The third kappa shape index (κ3) is 2.95. The van der Waals surface area contributed by atoms with Crippen LogP contribution in [0.1, 0.15) is 50.4 Å². The maximum Gasteiger partial charge on any atom is 0.0832 e. The van der Waals surface area contributed by atoms with Crippen molar-refractivity contribution in [2.45, 2.75) is 63.5 Å². The number of hydrogen-bond acceptors (Lipinski definition) is 3. The highest BCUT2D eigenvalue weighted by Crippen LogP contribution is 2.35. The number of methoxy groups -OCH3 is 1. The first-order valence-electron chi connectivity index (χ1n) is 7.55.